The molecule has 26 heavy (non-hydrogen) atoms. The van der Waals surface area contributed by atoms with Gasteiger partial charge in [-0.3, -0.25) is 14.4 Å². The number of nitrogens with zero attached hydrogens (tertiary/aromatic N) is 3. The summed E-state index contributed by atoms with van der Waals surface area (Å²) in [6.07, 6.45) is 2.20. The van der Waals surface area contributed by atoms with Gasteiger partial charge in [-0.05, 0) is 37.1 Å². The summed E-state index contributed by atoms with van der Waals surface area (Å²) in [4.78, 5) is 41.5. The van der Waals surface area contributed by atoms with Gasteiger partial charge in [-0.25, -0.2) is 0 Å². The van der Waals surface area contributed by atoms with Crippen LogP contribution in [0.25, 0.3) is 0 Å². The van der Waals surface area contributed by atoms with Gasteiger partial charge in [0.05, 0.1) is 13.1 Å². The van der Waals surface area contributed by atoms with Crippen LogP contribution in [0.15, 0.2) is 24.3 Å². The number of carbonyl (C=O) groups excluding carboxylic acids is 3. The number of ether oxygens (including phenoxy) is 1. The predicted molar refractivity (Wildman–Crippen MR) is 94.9 cm³/mol. The fourth-order valence-corrected chi connectivity index (χ4v) is 4.04. The second kappa shape index (κ2) is 6.39. The molecule has 0 aliphatic carbocycles. The molecule has 3 aliphatic heterocycles. The van der Waals surface area contributed by atoms with Gasteiger partial charge in [-0.2, -0.15) is 0 Å². The summed E-state index contributed by atoms with van der Waals surface area (Å²) in [7, 11) is 1.77. The van der Waals surface area contributed by atoms with Crippen LogP contribution in [0, 0.1) is 0 Å². The number of benzene rings is 1. The van der Waals surface area contributed by atoms with Gasteiger partial charge in [0, 0.05) is 37.8 Å². The number of hydrogen-bond donors (Lipinski definition) is 0. The first-order chi connectivity index (χ1) is 12.5. The summed E-state index contributed by atoms with van der Waals surface area (Å²) >= 11 is 0. The van der Waals surface area contributed by atoms with Crippen molar-refractivity contribution in [3.8, 4) is 0 Å². The number of morpholine rings is 1. The van der Waals surface area contributed by atoms with E-state index in [1.807, 2.05) is 12.1 Å². The molecule has 1 atom stereocenters. The topological polar surface area (TPSA) is 70.2 Å². The second-order valence-electron chi connectivity index (χ2n) is 7.39. The molecule has 0 radical (unpaired) electrons. The highest BCUT2D eigenvalue weighted by Crippen LogP contribution is 2.30. The maximum atomic E-state index is 12.8. The van der Waals surface area contributed by atoms with Crippen molar-refractivity contribution in [3.05, 3.63) is 29.8 Å². The first-order valence-electron chi connectivity index (χ1n) is 9.05. The van der Waals surface area contributed by atoms with Gasteiger partial charge in [0.2, 0.25) is 11.8 Å². The number of likely N-dealkylation sites (N-methyl/N-ethyl adjacent to an activating group) is 1. The molecule has 3 aliphatic rings. The average molecular weight is 357 g/mol. The van der Waals surface area contributed by atoms with Gasteiger partial charge >= 0.3 is 0 Å². The number of anilines is 1. The van der Waals surface area contributed by atoms with Gasteiger partial charge in [-0.15, -0.1) is 0 Å². The maximum Gasteiger partial charge on any atom is 0.253 e. The maximum absolute atomic E-state index is 12.8. The van der Waals surface area contributed by atoms with E-state index in [2.05, 4.69) is 0 Å². The van der Waals surface area contributed by atoms with Crippen molar-refractivity contribution in [1.29, 1.82) is 0 Å². The molecule has 1 spiro atoms. The smallest absolute Gasteiger partial charge is 0.253 e. The van der Waals surface area contributed by atoms with Crippen LogP contribution in [0.3, 0.4) is 0 Å². The van der Waals surface area contributed by atoms with E-state index >= 15 is 0 Å². The third kappa shape index (κ3) is 2.96. The molecule has 3 fully saturated rings. The van der Waals surface area contributed by atoms with Crippen LogP contribution >= 0.6 is 0 Å². The quantitative estimate of drug-likeness (QED) is 0.788. The van der Waals surface area contributed by atoms with Gasteiger partial charge in [-0.1, -0.05) is 0 Å². The molecule has 0 bridgehead atoms. The number of rotatable bonds is 2. The lowest BCUT2D eigenvalue weighted by Gasteiger charge is -2.38. The summed E-state index contributed by atoms with van der Waals surface area (Å²) in [6.45, 7) is 2.45. The lowest BCUT2D eigenvalue weighted by atomic mass is 10.0. The summed E-state index contributed by atoms with van der Waals surface area (Å²) in [5.74, 6) is 0.0791. The minimum absolute atomic E-state index is 0.0209. The Kier molecular flexibility index (Phi) is 4.19. The molecule has 3 amide bonds. The van der Waals surface area contributed by atoms with E-state index in [0.717, 1.165) is 25.1 Å². The molecule has 138 valence electrons. The molecule has 0 N–H and O–H groups in total. The third-order valence-electron chi connectivity index (χ3n) is 5.56. The lowest BCUT2D eigenvalue weighted by Crippen LogP contribution is -2.54. The van der Waals surface area contributed by atoms with Gasteiger partial charge < -0.3 is 19.4 Å². The fraction of sp³-hybridized carbons (Fsp3) is 0.526. The van der Waals surface area contributed by atoms with E-state index in [4.69, 9.17) is 4.74 Å². The number of likely N-dealkylation sites (tertiary alicyclic amines) is 1. The molecule has 3 heterocycles. The molecule has 0 saturated carbocycles. The van der Waals surface area contributed by atoms with Gasteiger partial charge in [0.1, 0.15) is 12.2 Å². The Labute approximate surface area is 152 Å². The minimum Gasteiger partial charge on any atom is -0.361 e. The van der Waals surface area contributed by atoms with Crippen LogP contribution in [0.5, 0.6) is 0 Å². The normalized spacial score (nSPS) is 26.3. The Hall–Kier alpha value is -2.41. The van der Waals surface area contributed by atoms with Gasteiger partial charge in [0.25, 0.3) is 5.91 Å². The first-order valence-corrected chi connectivity index (χ1v) is 9.05. The van der Waals surface area contributed by atoms with Gasteiger partial charge in [0.15, 0.2) is 0 Å². The molecule has 4 rings (SSSR count). The molecule has 1 aromatic rings. The van der Waals surface area contributed by atoms with E-state index in [9.17, 15) is 14.4 Å². The van der Waals surface area contributed by atoms with E-state index in [-0.39, 0.29) is 24.3 Å². The Morgan fingerprint density at radius 3 is 2.50 bits per heavy atom. The highest BCUT2D eigenvalue weighted by Gasteiger charge is 2.45. The highest BCUT2D eigenvalue weighted by atomic mass is 16.5. The summed E-state index contributed by atoms with van der Waals surface area (Å²) in [5.41, 5.74) is 1.01. The summed E-state index contributed by atoms with van der Waals surface area (Å²) < 4.78 is 5.79. The van der Waals surface area contributed by atoms with E-state index < -0.39 is 5.60 Å². The van der Waals surface area contributed by atoms with Crippen LogP contribution in [0.1, 0.15) is 29.6 Å². The van der Waals surface area contributed by atoms with Crippen LogP contribution in [-0.2, 0) is 14.3 Å². The van der Waals surface area contributed by atoms with E-state index in [1.165, 1.54) is 0 Å². The van der Waals surface area contributed by atoms with E-state index in [1.54, 1.807) is 33.9 Å². The zero-order valence-corrected chi connectivity index (χ0v) is 14.9. The zero-order valence-electron chi connectivity index (χ0n) is 14.9. The summed E-state index contributed by atoms with van der Waals surface area (Å²) in [6, 6.07) is 7.25. The van der Waals surface area contributed by atoms with Crippen LogP contribution in [0.2, 0.25) is 0 Å². The van der Waals surface area contributed by atoms with Crippen molar-refractivity contribution < 1.29 is 19.1 Å². The molecule has 7 nitrogen and oxygen atoms in total. The van der Waals surface area contributed by atoms with Crippen molar-refractivity contribution in [1.82, 2.24) is 9.80 Å². The van der Waals surface area contributed by atoms with Crippen molar-refractivity contribution in [2.24, 2.45) is 0 Å². The number of amides is 3. The largest absolute Gasteiger partial charge is 0.361 e. The van der Waals surface area contributed by atoms with Crippen LogP contribution in [0.4, 0.5) is 5.69 Å². The SMILES string of the molecule is CN1C[C@@]2(CCN(C(=O)c3ccc(N4CCCC4=O)cc3)C2)OCC1=O. The molecule has 7 heteroatoms. The Morgan fingerprint density at radius 2 is 1.85 bits per heavy atom. The zero-order chi connectivity index (χ0) is 18.3. The summed E-state index contributed by atoms with van der Waals surface area (Å²) in [5, 5.41) is 0. The highest BCUT2D eigenvalue weighted by molar-refractivity contribution is 5.97. The number of carbonyl (C=O) groups is 3. The molecule has 0 aromatic heterocycles. The van der Waals surface area contributed by atoms with Crippen LogP contribution < -0.4 is 4.90 Å². The monoisotopic (exact) mass is 357 g/mol. The molecular formula is C19H23N3O4. The van der Waals surface area contributed by atoms with Crippen LogP contribution in [-0.4, -0.2) is 73.0 Å². The number of hydrogen-bond acceptors (Lipinski definition) is 4. The Bertz CT molecular complexity index is 748. The third-order valence-corrected chi connectivity index (χ3v) is 5.56. The van der Waals surface area contributed by atoms with E-state index in [0.29, 0.717) is 31.6 Å². The molecule has 3 saturated heterocycles. The first kappa shape index (κ1) is 17.0. The van der Waals surface area contributed by atoms with Crippen molar-refractivity contribution in [3.63, 3.8) is 0 Å². The standard InChI is InChI=1S/C19H23N3O4/c1-20-12-19(26-11-17(20)24)8-10-21(13-19)18(25)14-4-6-15(7-5-14)22-9-2-3-16(22)23/h4-7H,2-3,8-13H2,1H3/t19-/m1/s1. The van der Waals surface area contributed by atoms with Crippen molar-refractivity contribution >= 4 is 23.4 Å². The second-order valence-corrected chi connectivity index (χ2v) is 7.39. The fourth-order valence-electron chi connectivity index (χ4n) is 4.04. The molecular weight excluding hydrogens is 334 g/mol. The average Bonchev–Trinajstić information content (AvgIpc) is 3.25. The molecule has 1 aromatic carbocycles. The predicted octanol–water partition coefficient (Wildman–Crippen LogP) is 0.887. The lowest BCUT2D eigenvalue weighted by molar-refractivity contribution is -0.158. The van der Waals surface area contributed by atoms with Crippen molar-refractivity contribution in [2.45, 2.75) is 24.9 Å². The molecule has 0 unspecified atom stereocenters. The Balaban J connectivity index is 1.43. The van der Waals surface area contributed by atoms with Crippen molar-refractivity contribution in [2.75, 3.05) is 44.7 Å². The minimum atomic E-state index is -0.444. The Morgan fingerprint density at radius 1 is 1.08 bits per heavy atom.